The van der Waals surface area contributed by atoms with Crippen LogP contribution in [0.2, 0.25) is 0 Å². The van der Waals surface area contributed by atoms with E-state index in [9.17, 15) is 0 Å². The summed E-state index contributed by atoms with van der Waals surface area (Å²) in [5, 5.41) is 4.30. The Labute approximate surface area is 221 Å². The summed E-state index contributed by atoms with van der Waals surface area (Å²) in [5.74, 6) is 1.46. The third-order valence-electron chi connectivity index (χ3n) is 6.99. The molecule has 4 heterocycles. The molecule has 0 atom stereocenters. The first-order valence-electron chi connectivity index (χ1n) is 13.0. The van der Waals surface area contributed by atoms with Gasteiger partial charge in [-0.05, 0) is 69.1 Å². The first-order chi connectivity index (χ1) is 18.2. The van der Waals surface area contributed by atoms with Gasteiger partial charge in [-0.1, -0.05) is 30.0 Å². The maximum absolute atomic E-state index is 6.19. The minimum atomic E-state index is 0.286. The van der Waals surface area contributed by atoms with Gasteiger partial charge >= 0.3 is 0 Å². The fraction of sp³-hybridized carbons (Fsp3) is 0.393. The Morgan fingerprint density at radius 3 is 2.46 bits per heavy atom. The molecule has 2 fully saturated rings. The minimum absolute atomic E-state index is 0.286. The van der Waals surface area contributed by atoms with Gasteiger partial charge in [0.25, 0.3) is 0 Å². The van der Waals surface area contributed by atoms with Crippen LogP contribution in [0.4, 0.5) is 11.6 Å². The smallest absolute Gasteiger partial charge is 0.229 e. The standard InChI is InChI=1S/C28H32N6O2S/c1-33-15-11-23(12-16-33)36-22-9-7-20(8-10-22)30-27-29-19-25-26(32-27)34(21-13-17-35-18-14-21)28(31-25)37-24-5-3-2-4-6-24/h2-10,19,21,23H,11-18H2,1H3,(H,29,30,32). The maximum atomic E-state index is 6.19. The van der Waals surface area contributed by atoms with E-state index in [1.54, 1.807) is 11.8 Å². The van der Waals surface area contributed by atoms with E-state index in [0.29, 0.717) is 12.0 Å². The third-order valence-corrected chi connectivity index (χ3v) is 7.97. The first kappa shape index (κ1) is 24.2. The Kier molecular flexibility index (Phi) is 7.25. The van der Waals surface area contributed by atoms with E-state index in [2.05, 4.69) is 51.1 Å². The van der Waals surface area contributed by atoms with E-state index in [-0.39, 0.29) is 6.10 Å². The molecule has 2 aliphatic heterocycles. The number of piperidine rings is 1. The molecule has 192 valence electrons. The summed E-state index contributed by atoms with van der Waals surface area (Å²) < 4.78 is 14.1. The van der Waals surface area contributed by atoms with Gasteiger partial charge in [0.2, 0.25) is 5.95 Å². The van der Waals surface area contributed by atoms with Crippen LogP contribution in [0.25, 0.3) is 11.2 Å². The van der Waals surface area contributed by atoms with Crippen molar-refractivity contribution in [3.63, 3.8) is 0 Å². The van der Waals surface area contributed by atoms with Crippen molar-refractivity contribution in [3.8, 4) is 5.75 Å². The zero-order chi connectivity index (χ0) is 25.0. The van der Waals surface area contributed by atoms with E-state index in [1.165, 1.54) is 0 Å². The number of fused-ring (bicyclic) bond motifs is 1. The second kappa shape index (κ2) is 11.1. The van der Waals surface area contributed by atoms with Crippen molar-refractivity contribution in [2.75, 3.05) is 38.7 Å². The van der Waals surface area contributed by atoms with E-state index in [4.69, 9.17) is 19.4 Å². The lowest BCUT2D eigenvalue weighted by Crippen LogP contribution is -2.35. The van der Waals surface area contributed by atoms with Crippen LogP contribution < -0.4 is 10.1 Å². The quantitative estimate of drug-likeness (QED) is 0.343. The number of nitrogens with one attached hydrogen (secondary N) is 1. The normalized spacial score (nSPS) is 17.8. The molecule has 2 saturated heterocycles. The number of ether oxygens (including phenoxy) is 2. The number of aromatic nitrogens is 4. The highest BCUT2D eigenvalue weighted by Gasteiger charge is 2.24. The molecular weight excluding hydrogens is 484 g/mol. The van der Waals surface area contributed by atoms with Crippen molar-refractivity contribution < 1.29 is 9.47 Å². The molecule has 8 nitrogen and oxygen atoms in total. The van der Waals surface area contributed by atoms with Gasteiger partial charge in [-0.25, -0.2) is 9.97 Å². The van der Waals surface area contributed by atoms with Crippen molar-refractivity contribution in [2.45, 2.75) is 47.9 Å². The van der Waals surface area contributed by atoms with Crippen LogP contribution in [0.1, 0.15) is 31.7 Å². The fourth-order valence-corrected chi connectivity index (χ4v) is 5.89. The lowest BCUT2D eigenvalue weighted by Gasteiger charge is -2.29. The van der Waals surface area contributed by atoms with Crippen LogP contribution in [0.15, 0.2) is 70.8 Å². The summed E-state index contributed by atoms with van der Waals surface area (Å²) >= 11 is 1.67. The molecule has 1 N–H and O–H groups in total. The van der Waals surface area contributed by atoms with Gasteiger partial charge in [0.15, 0.2) is 10.8 Å². The Morgan fingerprint density at radius 1 is 0.946 bits per heavy atom. The van der Waals surface area contributed by atoms with Crippen molar-refractivity contribution in [2.24, 2.45) is 0 Å². The molecule has 2 aromatic carbocycles. The molecule has 6 rings (SSSR count). The summed E-state index contributed by atoms with van der Waals surface area (Å²) in [6, 6.07) is 18.7. The number of imidazole rings is 1. The van der Waals surface area contributed by atoms with Crippen LogP contribution in [-0.4, -0.2) is 63.9 Å². The number of hydrogen-bond donors (Lipinski definition) is 1. The molecule has 0 unspecified atom stereocenters. The van der Waals surface area contributed by atoms with Crippen LogP contribution >= 0.6 is 11.8 Å². The molecule has 37 heavy (non-hydrogen) atoms. The predicted octanol–water partition coefficient (Wildman–Crippen LogP) is 5.55. The third kappa shape index (κ3) is 5.74. The highest BCUT2D eigenvalue weighted by Crippen LogP contribution is 2.35. The van der Waals surface area contributed by atoms with Crippen molar-refractivity contribution >= 4 is 34.6 Å². The summed E-state index contributed by atoms with van der Waals surface area (Å²) in [5.41, 5.74) is 2.58. The van der Waals surface area contributed by atoms with Crippen LogP contribution in [-0.2, 0) is 4.74 Å². The van der Waals surface area contributed by atoms with Gasteiger partial charge in [0.1, 0.15) is 17.4 Å². The van der Waals surface area contributed by atoms with Gasteiger partial charge in [0, 0.05) is 42.9 Å². The second-order valence-corrected chi connectivity index (χ2v) is 10.7. The lowest BCUT2D eigenvalue weighted by molar-refractivity contribution is 0.0683. The zero-order valence-electron chi connectivity index (χ0n) is 21.0. The van der Waals surface area contributed by atoms with Crippen molar-refractivity contribution in [1.82, 2.24) is 24.4 Å². The van der Waals surface area contributed by atoms with E-state index in [0.717, 1.165) is 84.6 Å². The molecule has 0 amide bonds. The highest BCUT2D eigenvalue weighted by molar-refractivity contribution is 7.99. The summed E-state index contributed by atoms with van der Waals surface area (Å²) in [6.07, 6.45) is 6.12. The van der Waals surface area contributed by atoms with Crippen molar-refractivity contribution in [3.05, 3.63) is 60.8 Å². The van der Waals surface area contributed by atoms with Gasteiger partial charge in [-0.3, -0.25) is 4.57 Å². The molecule has 0 saturated carbocycles. The average molecular weight is 517 g/mol. The van der Waals surface area contributed by atoms with Crippen LogP contribution in [0, 0.1) is 0 Å². The number of likely N-dealkylation sites (tertiary alicyclic amines) is 1. The molecule has 0 radical (unpaired) electrons. The molecule has 0 aliphatic carbocycles. The van der Waals surface area contributed by atoms with Gasteiger partial charge in [-0.15, -0.1) is 0 Å². The predicted molar refractivity (Wildman–Crippen MR) is 146 cm³/mol. The molecule has 2 aromatic heterocycles. The Bertz CT molecular complexity index is 1320. The zero-order valence-corrected chi connectivity index (χ0v) is 21.9. The Balaban J connectivity index is 1.23. The van der Waals surface area contributed by atoms with Crippen LogP contribution in [0.3, 0.4) is 0 Å². The van der Waals surface area contributed by atoms with Gasteiger partial charge in [-0.2, -0.15) is 4.98 Å². The SMILES string of the molecule is CN1CCC(Oc2ccc(Nc3ncc4nc(Sc5ccccc5)n(C5CCOCC5)c4n3)cc2)CC1. The highest BCUT2D eigenvalue weighted by atomic mass is 32.2. The van der Waals surface area contributed by atoms with E-state index < -0.39 is 0 Å². The fourth-order valence-electron chi connectivity index (χ4n) is 4.91. The maximum Gasteiger partial charge on any atom is 0.229 e. The average Bonchev–Trinajstić information content (AvgIpc) is 3.29. The topological polar surface area (TPSA) is 77.3 Å². The second-order valence-electron chi connectivity index (χ2n) is 9.70. The van der Waals surface area contributed by atoms with Gasteiger partial charge in [0.05, 0.1) is 6.20 Å². The minimum Gasteiger partial charge on any atom is -0.490 e. The van der Waals surface area contributed by atoms with Crippen molar-refractivity contribution in [1.29, 1.82) is 0 Å². The largest absolute Gasteiger partial charge is 0.490 e. The monoisotopic (exact) mass is 516 g/mol. The lowest BCUT2D eigenvalue weighted by atomic mass is 10.1. The first-order valence-corrected chi connectivity index (χ1v) is 13.8. The van der Waals surface area contributed by atoms with E-state index >= 15 is 0 Å². The molecule has 9 heteroatoms. The number of nitrogens with zero attached hydrogens (tertiary/aromatic N) is 5. The van der Waals surface area contributed by atoms with E-state index in [1.807, 2.05) is 36.5 Å². The Morgan fingerprint density at radius 2 is 1.70 bits per heavy atom. The molecule has 0 spiro atoms. The van der Waals surface area contributed by atoms with Gasteiger partial charge < -0.3 is 19.7 Å². The summed E-state index contributed by atoms with van der Waals surface area (Å²) in [7, 11) is 2.16. The molecule has 4 aromatic rings. The summed E-state index contributed by atoms with van der Waals surface area (Å²) in [4.78, 5) is 17.9. The number of hydrogen-bond acceptors (Lipinski definition) is 8. The number of benzene rings is 2. The molecule has 2 aliphatic rings. The summed E-state index contributed by atoms with van der Waals surface area (Å²) in [6.45, 7) is 3.67. The number of rotatable bonds is 7. The van der Waals surface area contributed by atoms with Crippen LogP contribution in [0.5, 0.6) is 5.75 Å². The number of anilines is 2. The molecule has 0 bridgehead atoms. The Hall–Kier alpha value is -3.14. The molecular formula is C28H32N6O2S.